The quantitative estimate of drug-likeness (QED) is 0.758. The highest BCUT2D eigenvalue weighted by Gasteiger charge is 2.34. The number of carbonyl (C=O) groups is 1. The van der Waals surface area contributed by atoms with Gasteiger partial charge in [-0.25, -0.2) is 4.79 Å². The second-order valence-electron chi connectivity index (χ2n) is 8.90. The van der Waals surface area contributed by atoms with Crippen molar-refractivity contribution < 1.29 is 13.2 Å². The summed E-state index contributed by atoms with van der Waals surface area (Å²) in [5.74, 6) is 0.520. The molecule has 8 heteroatoms. The number of carbonyl (C=O) groups excluding carboxylic acids is 1. The van der Waals surface area contributed by atoms with Gasteiger partial charge in [0, 0.05) is 37.8 Å². The Kier molecular flexibility index (Phi) is 6.10. The van der Waals surface area contributed by atoms with Crippen LogP contribution < -0.4 is 5.32 Å². The van der Waals surface area contributed by atoms with Gasteiger partial charge in [-0.3, -0.25) is 0 Å². The SMILES string of the molecule is CC1=C(c2ccc(C)c(C)c2)S(=O)(=O)N=C1N1CCCN(C(=O)NC2CCCC2)CC1. The van der Waals surface area contributed by atoms with E-state index < -0.39 is 10.0 Å². The maximum Gasteiger partial charge on any atom is 0.317 e. The van der Waals surface area contributed by atoms with Crippen LogP contribution in [0.4, 0.5) is 4.79 Å². The van der Waals surface area contributed by atoms with Crippen LogP contribution in [0.3, 0.4) is 0 Å². The van der Waals surface area contributed by atoms with E-state index >= 15 is 0 Å². The summed E-state index contributed by atoms with van der Waals surface area (Å²) >= 11 is 0. The van der Waals surface area contributed by atoms with Crippen molar-refractivity contribution in [3.8, 4) is 0 Å². The van der Waals surface area contributed by atoms with E-state index in [1.54, 1.807) is 0 Å². The zero-order valence-corrected chi connectivity index (χ0v) is 19.5. The summed E-state index contributed by atoms with van der Waals surface area (Å²) in [4.78, 5) is 16.8. The van der Waals surface area contributed by atoms with Crippen molar-refractivity contribution in [2.45, 2.75) is 58.9 Å². The zero-order valence-electron chi connectivity index (χ0n) is 18.6. The van der Waals surface area contributed by atoms with Crippen molar-refractivity contribution in [2.75, 3.05) is 26.2 Å². The summed E-state index contributed by atoms with van der Waals surface area (Å²) in [7, 11) is -3.74. The molecule has 1 N–H and O–H groups in total. The van der Waals surface area contributed by atoms with Gasteiger partial charge in [0.25, 0.3) is 10.0 Å². The first kappa shape index (κ1) is 21.9. The number of urea groups is 1. The molecule has 4 rings (SSSR count). The van der Waals surface area contributed by atoms with E-state index in [0.717, 1.165) is 30.4 Å². The molecule has 1 saturated heterocycles. The number of benzene rings is 1. The first-order chi connectivity index (χ1) is 14.8. The Morgan fingerprint density at radius 2 is 1.74 bits per heavy atom. The van der Waals surface area contributed by atoms with Crippen LogP contribution in [0.2, 0.25) is 0 Å². The molecule has 7 nitrogen and oxygen atoms in total. The molecule has 0 atom stereocenters. The van der Waals surface area contributed by atoms with Crippen LogP contribution in [-0.2, 0) is 10.0 Å². The van der Waals surface area contributed by atoms with Crippen molar-refractivity contribution in [1.82, 2.24) is 15.1 Å². The van der Waals surface area contributed by atoms with Crippen molar-refractivity contribution in [3.63, 3.8) is 0 Å². The minimum absolute atomic E-state index is 0.00202. The number of hydrogen-bond donors (Lipinski definition) is 1. The number of nitrogens with zero attached hydrogens (tertiary/aromatic N) is 3. The van der Waals surface area contributed by atoms with Gasteiger partial charge in [0.2, 0.25) is 0 Å². The van der Waals surface area contributed by atoms with E-state index in [2.05, 4.69) is 9.71 Å². The average molecular weight is 445 g/mol. The average Bonchev–Trinajstić information content (AvgIpc) is 3.20. The van der Waals surface area contributed by atoms with Gasteiger partial charge in [0.05, 0.1) is 0 Å². The minimum atomic E-state index is -3.74. The third-order valence-corrected chi connectivity index (χ3v) is 8.15. The Morgan fingerprint density at radius 1 is 1.00 bits per heavy atom. The molecule has 1 aromatic carbocycles. The fourth-order valence-corrected chi connectivity index (χ4v) is 6.21. The molecule has 168 valence electrons. The second kappa shape index (κ2) is 8.65. The summed E-state index contributed by atoms with van der Waals surface area (Å²) < 4.78 is 30.0. The molecule has 3 aliphatic rings. The lowest BCUT2D eigenvalue weighted by molar-refractivity contribution is 0.196. The number of amidine groups is 1. The molecule has 0 spiro atoms. The Morgan fingerprint density at radius 3 is 2.45 bits per heavy atom. The first-order valence-corrected chi connectivity index (χ1v) is 12.6. The van der Waals surface area contributed by atoms with E-state index in [1.165, 1.54) is 12.8 Å². The Bertz CT molecular complexity index is 1040. The van der Waals surface area contributed by atoms with Gasteiger partial charge < -0.3 is 15.1 Å². The molecule has 1 aromatic rings. The summed E-state index contributed by atoms with van der Waals surface area (Å²) in [6, 6.07) is 6.02. The van der Waals surface area contributed by atoms with Crippen molar-refractivity contribution in [3.05, 3.63) is 40.5 Å². The molecular weight excluding hydrogens is 412 g/mol. The molecule has 1 aliphatic carbocycles. The smallest absolute Gasteiger partial charge is 0.317 e. The monoisotopic (exact) mass is 444 g/mol. The number of hydrogen-bond acceptors (Lipinski definition) is 4. The van der Waals surface area contributed by atoms with Gasteiger partial charge in [0.15, 0.2) is 0 Å². The number of rotatable bonds is 2. The molecule has 0 radical (unpaired) electrons. The highest BCUT2D eigenvalue weighted by molar-refractivity contribution is 8.00. The molecule has 0 bridgehead atoms. The molecule has 2 amide bonds. The molecule has 0 unspecified atom stereocenters. The van der Waals surface area contributed by atoms with Gasteiger partial charge >= 0.3 is 6.03 Å². The Balaban J connectivity index is 1.50. The lowest BCUT2D eigenvalue weighted by atomic mass is 10.0. The summed E-state index contributed by atoms with van der Waals surface area (Å²) in [5.41, 5.74) is 3.56. The van der Waals surface area contributed by atoms with Crippen molar-refractivity contribution in [1.29, 1.82) is 0 Å². The van der Waals surface area contributed by atoms with Crippen molar-refractivity contribution >= 4 is 26.8 Å². The standard InChI is InChI=1S/C23H32N4O3S/c1-16-9-10-19(15-17(16)2)21-18(3)22(25-31(21,29)30)26-11-6-12-27(14-13-26)23(28)24-20-7-4-5-8-20/h9-10,15,20H,4-8,11-14H2,1-3H3,(H,24,28). The predicted molar refractivity (Wildman–Crippen MR) is 123 cm³/mol. The van der Waals surface area contributed by atoms with E-state index in [-0.39, 0.29) is 6.03 Å². The van der Waals surface area contributed by atoms with E-state index in [9.17, 15) is 13.2 Å². The fourth-order valence-electron chi connectivity index (χ4n) is 4.73. The minimum Gasteiger partial charge on any atom is -0.354 e. The topological polar surface area (TPSA) is 82.1 Å². The molecule has 2 aliphatic heterocycles. The Labute approximate surface area is 185 Å². The van der Waals surface area contributed by atoms with Gasteiger partial charge in [-0.2, -0.15) is 8.42 Å². The molecule has 1 saturated carbocycles. The lowest BCUT2D eigenvalue weighted by Gasteiger charge is -2.25. The first-order valence-electron chi connectivity index (χ1n) is 11.2. The van der Waals surface area contributed by atoms with Crippen LogP contribution >= 0.6 is 0 Å². The summed E-state index contributed by atoms with van der Waals surface area (Å²) in [6.45, 7) is 8.31. The second-order valence-corrected chi connectivity index (χ2v) is 10.4. The lowest BCUT2D eigenvalue weighted by Crippen LogP contribution is -2.45. The van der Waals surface area contributed by atoms with E-state index in [0.29, 0.717) is 54.1 Å². The van der Waals surface area contributed by atoms with Gasteiger partial charge in [-0.15, -0.1) is 4.40 Å². The molecular formula is C23H32N4O3S. The van der Waals surface area contributed by atoms with Gasteiger partial charge in [-0.1, -0.05) is 31.0 Å². The third kappa shape index (κ3) is 4.49. The Hall–Kier alpha value is -2.35. The van der Waals surface area contributed by atoms with Gasteiger partial charge in [-0.05, 0) is 56.7 Å². The van der Waals surface area contributed by atoms with Crippen LogP contribution in [0.5, 0.6) is 0 Å². The molecule has 2 heterocycles. The van der Waals surface area contributed by atoms with E-state index in [4.69, 9.17) is 0 Å². The number of aryl methyl sites for hydroxylation is 2. The van der Waals surface area contributed by atoms with Crippen LogP contribution in [0.15, 0.2) is 28.2 Å². The predicted octanol–water partition coefficient (Wildman–Crippen LogP) is 3.44. The molecule has 2 fully saturated rings. The number of nitrogens with one attached hydrogen (secondary N) is 1. The van der Waals surface area contributed by atoms with Crippen LogP contribution in [0, 0.1) is 13.8 Å². The third-order valence-electron chi connectivity index (χ3n) is 6.68. The fraction of sp³-hybridized carbons (Fsp3) is 0.565. The summed E-state index contributed by atoms with van der Waals surface area (Å²) in [5, 5.41) is 3.15. The zero-order chi connectivity index (χ0) is 22.2. The normalized spacial score (nSPS) is 22.0. The van der Waals surface area contributed by atoms with Crippen LogP contribution in [0.1, 0.15) is 55.7 Å². The molecule has 0 aromatic heterocycles. The maximum absolute atomic E-state index is 12.9. The summed E-state index contributed by atoms with van der Waals surface area (Å²) in [6.07, 6.45) is 5.27. The highest BCUT2D eigenvalue weighted by Crippen LogP contribution is 2.34. The number of sulfonamides is 1. The van der Waals surface area contributed by atoms with Crippen LogP contribution in [-0.4, -0.2) is 62.3 Å². The van der Waals surface area contributed by atoms with Crippen molar-refractivity contribution in [2.24, 2.45) is 4.40 Å². The van der Waals surface area contributed by atoms with Gasteiger partial charge in [0.1, 0.15) is 10.7 Å². The highest BCUT2D eigenvalue weighted by atomic mass is 32.2. The molecule has 31 heavy (non-hydrogen) atoms. The largest absolute Gasteiger partial charge is 0.354 e. The number of amides is 2. The maximum atomic E-state index is 12.9. The van der Waals surface area contributed by atoms with E-state index in [1.807, 2.05) is 48.8 Å². The van der Waals surface area contributed by atoms with Crippen LogP contribution in [0.25, 0.3) is 4.91 Å².